The van der Waals surface area contributed by atoms with Crippen molar-refractivity contribution in [1.82, 2.24) is 5.32 Å². The van der Waals surface area contributed by atoms with Gasteiger partial charge in [-0.3, -0.25) is 4.79 Å². The molecule has 0 radical (unpaired) electrons. The average Bonchev–Trinajstić information content (AvgIpc) is 2.75. The highest BCUT2D eigenvalue weighted by Gasteiger charge is 2.16. The van der Waals surface area contributed by atoms with Crippen LogP contribution < -0.4 is 15.0 Å². The van der Waals surface area contributed by atoms with E-state index in [1.165, 1.54) is 17.7 Å². The predicted molar refractivity (Wildman–Crippen MR) is 114 cm³/mol. The zero-order chi connectivity index (χ0) is 19.3. The average molecular weight is 374 g/mol. The van der Waals surface area contributed by atoms with E-state index in [2.05, 4.69) is 34.5 Å². The Kier molecular flexibility index (Phi) is 5.47. The Morgan fingerprint density at radius 1 is 1.07 bits per heavy atom. The molecule has 0 atom stereocenters. The van der Waals surface area contributed by atoms with E-state index in [1.54, 1.807) is 7.11 Å². The van der Waals surface area contributed by atoms with Crippen molar-refractivity contribution in [2.24, 2.45) is 0 Å². The molecule has 4 heteroatoms. The smallest absolute Gasteiger partial charge is 0.255 e. The Labute approximate surface area is 166 Å². The highest BCUT2D eigenvalue weighted by molar-refractivity contribution is 6.01. The summed E-state index contributed by atoms with van der Waals surface area (Å²) < 4.78 is 5.45. The number of carbonyl (C=O) groups excluding carboxylic acids is 1. The SMILES string of the molecule is COc1cc2ccccc2cc1C(=O)NCCCN1CCCc2ccccc21. The van der Waals surface area contributed by atoms with Gasteiger partial charge in [-0.25, -0.2) is 0 Å². The molecule has 28 heavy (non-hydrogen) atoms. The quantitative estimate of drug-likeness (QED) is 0.650. The predicted octanol–water partition coefficient (Wildman–Crippen LogP) is 4.42. The van der Waals surface area contributed by atoms with Crippen molar-refractivity contribution >= 4 is 22.4 Å². The van der Waals surface area contributed by atoms with Gasteiger partial charge in [0.15, 0.2) is 0 Å². The molecule has 1 N–H and O–H groups in total. The van der Waals surface area contributed by atoms with Gasteiger partial charge in [-0.1, -0.05) is 42.5 Å². The molecule has 1 amide bonds. The second-order valence-electron chi connectivity index (χ2n) is 7.23. The van der Waals surface area contributed by atoms with Crippen LogP contribution in [0.4, 0.5) is 5.69 Å². The van der Waals surface area contributed by atoms with E-state index in [-0.39, 0.29) is 5.91 Å². The van der Waals surface area contributed by atoms with E-state index in [0.29, 0.717) is 17.9 Å². The third-order valence-electron chi connectivity index (χ3n) is 5.41. The third-order valence-corrected chi connectivity index (χ3v) is 5.41. The van der Waals surface area contributed by atoms with Crippen molar-refractivity contribution in [3.8, 4) is 5.75 Å². The summed E-state index contributed by atoms with van der Waals surface area (Å²) in [6.07, 6.45) is 3.26. The van der Waals surface area contributed by atoms with Gasteiger partial charge in [-0.2, -0.15) is 0 Å². The van der Waals surface area contributed by atoms with Gasteiger partial charge < -0.3 is 15.0 Å². The van der Waals surface area contributed by atoms with Gasteiger partial charge in [0.2, 0.25) is 0 Å². The third kappa shape index (κ3) is 3.81. The van der Waals surface area contributed by atoms with E-state index < -0.39 is 0 Å². The molecule has 4 rings (SSSR count). The van der Waals surface area contributed by atoms with Crippen LogP contribution in [0.2, 0.25) is 0 Å². The number of fused-ring (bicyclic) bond motifs is 2. The lowest BCUT2D eigenvalue weighted by molar-refractivity contribution is 0.0950. The van der Waals surface area contributed by atoms with Gasteiger partial charge in [-0.05, 0) is 53.8 Å². The van der Waals surface area contributed by atoms with Crippen molar-refractivity contribution in [3.63, 3.8) is 0 Å². The van der Waals surface area contributed by atoms with E-state index in [4.69, 9.17) is 4.74 Å². The molecule has 0 saturated heterocycles. The van der Waals surface area contributed by atoms with Crippen molar-refractivity contribution in [2.75, 3.05) is 31.6 Å². The molecular weight excluding hydrogens is 348 g/mol. The number of benzene rings is 3. The Bertz CT molecular complexity index is 983. The molecule has 0 aromatic heterocycles. The van der Waals surface area contributed by atoms with Gasteiger partial charge in [0.1, 0.15) is 5.75 Å². The van der Waals surface area contributed by atoms with Gasteiger partial charge in [0.25, 0.3) is 5.91 Å². The molecule has 4 nitrogen and oxygen atoms in total. The van der Waals surface area contributed by atoms with Crippen LogP contribution in [-0.4, -0.2) is 32.7 Å². The van der Waals surface area contributed by atoms with Crippen LogP contribution in [-0.2, 0) is 6.42 Å². The molecule has 144 valence electrons. The van der Waals surface area contributed by atoms with Crippen LogP contribution in [0.25, 0.3) is 10.8 Å². The number of aryl methyl sites for hydroxylation is 1. The number of para-hydroxylation sites is 1. The fourth-order valence-electron chi connectivity index (χ4n) is 3.98. The maximum Gasteiger partial charge on any atom is 0.255 e. The first-order chi connectivity index (χ1) is 13.8. The number of rotatable bonds is 6. The van der Waals surface area contributed by atoms with Gasteiger partial charge in [-0.15, -0.1) is 0 Å². The molecular formula is C24H26N2O2. The molecule has 0 bridgehead atoms. The normalized spacial score (nSPS) is 13.2. The maximum absolute atomic E-state index is 12.7. The van der Waals surface area contributed by atoms with Crippen LogP contribution in [0.5, 0.6) is 5.75 Å². The van der Waals surface area contributed by atoms with Crippen LogP contribution in [0.3, 0.4) is 0 Å². The van der Waals surface area contributed by atoms with Crippen LogP contribution in [0, 0.1) is 0 Å². The minimum absolute atomic E-state index is 0.0818. The second-order valence-corrected chi connectivity index (χ2v) is 7.23. The van der Waals surface area contributed by atoms with Gasteiger partial charge in [0.05, 0.1) is 12.7 Å². The lowest BCUT2D eigenvalue weighted by Crippen LogP contribution is -2.33. The summed E-state index contributed by atoms with van der Waals surface area (Å²) in [5.74, 6) is 0.530. The van der Waals surface area contributed by atoms with Crippen molar-refractivity contribution in [3.05, 3.63) is 71.8 Å². The van der Waals surface area contributed by atoms with Gasteiger partial charge in [0, 0.05) is 25.3 Å². The Hall–Kier alpha value is -3.01. The van der Waals surface area contributed by atoms with Crippen LogP contribution in [0.15, 0.2) is 60.7 Å². The maximum atomic E-state index is 12.7. The first kappa shape index (κ1) is 18.4. The highest BCUT2D eigenvalue weighted by Crippen LogP contribution is 2.27. The summed E-state index contributed by atoms with van der Waals surface area (Å²) >= 11 is 0. The summed E-state index contributed by atoms with van der Waals surface area (Å²) in [5, 5.41) is 5.17. The second kappa shape index (κ2) is 8.34. The minimum Gasteiger partial charge on any atom is -0.496 e. The standard InChI is InChI=1S/C24H26N2O2/c1-28-23-17-20-10-3-2-9-19(20)16-21(23)24(27)25-13-7-15-26-14-6-11-18-8-4-5-12-22(18)26/h2-5,8-10,12,16-17H,6-7,11,13-15H2,1H3,(H,25,27). The molecule has 0 fully saturated rings. The molecule has 1 heterocycles. The van der Waals surface area contributed by atoms with Crippen molar-refractivity contribution < 1.29 is 9.53 Å². The number of anilines is 1. The zero-order valence-electron chi connectivity index (χ0n) is 16.3. The van der Waals surface area contributed by atoms with Crippen LogP contribution in [0.1, 0.15) is 28.8 Å². The summed E-state index contributed by atoms with van der Waals surface area (Å²) in [5.41, 5.74) is 3.36. The molecule has 1 aliphatic rings. The van der Waals surface area contributed by atoms with E-state index in [0.717, 1.165) is 36.7 Å². The van der Waals surface area contributed by atoms with Gasteiger partial charge >= 0.3 is 0 Å². The van der Waals surface area contributed by atoms with E-state index >= 15 is 0 Å². The summed E-state index contributed by atoms with van der Waals surface area (Å²) in [6, 6.07) is 20.5. The highest BCUT2D eigenvalue weighted by atomic mass is 16.5. The topological polar surface area (TPSA) is 41.6 Å². The Balaban J connectivity index is 1.37. The number of methoxy groups -OCH3 is 1. The molecule has 0 unspecified atom stereocenters. The number of nitrogens with one attached hydrogen (secondary N) is 1. The largest absolute Gasteiger partial charge is 0.496 e. The summed E-state index contributed by atoms with van der Waals surface area (Å²) in [4.78, 5) is 15.1. The first-order valence-corrected chi connectivity index (χ1v) is 9.94. The van der Waals surface area contributed by atoms with Crippen molar-refractivity contribution in [1.29, 1.82) is 0 Å². The lowest BCUT2D eigenvalue weighted by atomic mass is 10.0. The minimum atomic E-state index is -0.0818. The summed E-state index contributed by atoms with van der Waals surface area (Å²) in [7, 11) is 1.61. The molecule has 0 saturated carbocycles. The first-order valence-electron chi connectivity index (χ1n) is 9.94. The number of hydrogen-bond acceptors (Lipinski definition) is 3. The summed E-state index contributed by atoms with van der Waals surface area (Å²) in [6.45, 7) is 2.68. The number of carbonyl (C=O) groups is 1. The molecule has 0 spiro atoms. The van der Waals surface area contributed by atoms with Crippen LogP contribution >= 0.6 is 0 Å². The molecule has 3 aromatic carbocycles. The Morgan fingerprint density at radius 2 is 1.82 bits per heavy atom. The number of ether oxygens (including phenoxy) is 1. The number of amides is 1. The fraction of sp³-hybridized carbons (Fsp3) is 0.292. The molecule has 0 aliphatic carbocycles. The molecule has 3 aromatic rings. The fourth-order valence-corrected chi connectivity index (χ4v) is 3.98. The monoisotopic (exact) mass is 374 g/mol. The van der Waals surface area contributed by atoms with E-state index in [9.17, 15) is 4.79 Å². The number of nitrogens with zero attached hydrogens (tertiary/aromatic N) is 1. The Morgan fingerprint density at radius 3 is 2.64 bits per heavy atom. The zero-order valence-corrected chi connectivity index (χ0v) is 16.3. The van der Waals surface area contributed by atoms with Crippen molar-refractivity contribution in [2.45, 2.75) is 19.3 Å². The molecule has 1 aliphatic heterocycles. The number of hydrogen-bond donors (Lipinski definition) is 1. The lowest BCUT2D eigenvalue weighted by Gasteiger charge is -2.31. The van der Waals surface area contributed by atoms with E-state index in [1.807, 2.05) is 36.4 Å².